The lowest BCUT2D eigenvalue weighted by molar-refractivity contribution is 0.416. The number of rotatable bonds is 5. The molecule has 2 aromatic carbocycles. The zero-order chi connectivity index (χ0) is 21.2. The fourth-order valence-electron chi connectivity index (χ4n) is 4.00. The van der Waals surface area contributed by atoms with E-state index in [2.05, 4.69) is 113 Å². The first kappa shape index (κ1) is 19.8. The van der Waals surface area contributed by atoms with E-state index in [0.29, 0.717) is 6.67 Å². The van der Waals surface area contributed by atoms with Crippen molar-refractivity contribution in [3.8, 4) is 11.3 Å². The maximum absolute atomic E-state index is 6.17. The first-order chi connectivity index (χ1) is 15.2. The summed E-state index contributed by atoms with van der Waals surface area (Å²) in [5.41, 5.74) is 4.71. The smallest absolute Gasteiger partial charge is 0.134 e. The number of fused-ring (bicyclic) bond motifs is 1. The number of hydrogen-bond acceptors (Lipinski definition) is 4. The zero-order valence-corrected chi connectivity index (χ0v) is 18.7. The summed E-state index contributed by atoms with van der Waals surface area (Å²) < 4.78 is 6.17. The lowest BCUT2D eigenvalue weighted by atomic mass is 10.0. The average molecular weight is 427 g/mol. The quantitative estimate of drug-likeness (QED) is 0.421. The molecular formula is C26H26N3OP. The SMILES string of the molecule is C[C@H](c1ccccc1)N1CN=Cc2cc(-c3ccc(CN4C=CP(C)C=C4)o3)ccc21. The molecule has 5 heteroatoms. The summed E-state index contributed by atoms with van der Waals surface area (Å²) in [6.45, 7) is 5.89. The van der Waals surface area contributed by atoms with Crippen molar-refractivity contribution < 1.29 is 4.42 Å². The number of anilines is 1. The van der Waals surface area contributed by atoms with Gasteiger partial charge in [0.15, 0.2) is 0 Å². The summed E-state index contributed by atoms with van der Waals surface area (Å²) in [6, 6.07) is 21.5. The second kappa shape index (κ2) is 8.56. The number of aliphatic imine (C=N–C) groups is 1. The summed E-state index contributed by atoms with van der Waals surface area (Å²) in [6.07, 6.45) is 6.26. The molecule has 2 aliphatic rings. The molecule has 0 aliphatic carbocycles. The van der Waals surface area contributed by atoms with Crippen molar-refractivity contribution in [2.75, 3.05) is 18.2 Å². The standard InChI is InChI=1S/C26H26N3OP/c1-20(21-6-4-3-5-7-21)29-19-27-17-23-16-22(8-10-25(23)29)26-11-9-24(30-26)18-28-12-14-31(2)15-13-28/h3-17,20H,18-19H2,1-2H3/t20-/m1/s1. The van der Waals surface area contributed by atoms with Gasteiger partial charge in [-0.3, -0.25) is 4.99 Å². The third-order valence-electron chi connectivity index (χ3n) is 5.82. The van der Waals surface area contributed by atoms with Gasteiger partial charge in [-0.15, -0.1) is 0 Å². The first-order valence-corrected chi connectivity index (χ1v) is 12.5. The monoisotopic (exact) mass is 427 g/mol. The van der Waals surface area contributed by atoms with E-state index in [1.807, 2.05) is 6.21 Å². The molecule has 0 fully saturated rings. The molecule has 3 heterocycles. The van der Waals surface area contributed by atoms with Gasteiger partial charge in [-0.2, -0.15) is 0 Å². The van der Waals surface area contributed by atoms with Gasteiger partial charge in [-0.05, 0) is 61.1 Å². The molecule has 4 nitrogen and oxygen atoms in total. The molecule has 0 spiro atoms. The van der Waals surface area contributed by atoms with Crippen LogP contribution in [0.15, 0.2) is 94.1 Å². The molecule has 0 saturated carbocycles. The minimum atomic E-state index is -0.102. The Labute approximate surface area is 185 Å². The van der Waals surface area contributed by atoms with Gasteiger partial charge in [0.25, 0.3) is 0 Å². The van der Waals surface area contributed by atoms with E-state index < -0.39 is 0 Å². The molecule has 0 amide bonds. The Bertz CT molecular complexity index is 1130. The third kappa shape index (κ3) is 4.22. The number of hydrogen-bond donors (Lipinski definition) is 0. The fraction of sp³-hybridized carbons (Fsp3) is 0.192. The molecule has 5 rings (SSSR count). The van der Waals surface area contributed by atoms with Crippen LogP contribution in [-0.4, -0.2) is 24.4 Å². The van der Waals surface area contributed by atoms with Gasteiger partial charge in [0.05, 0.1) is 12.6 Å². The molecule has 0 radical (unpaired) electrons. The average Bonchev–Trinajstić information content (AvgIpc) is 3.28. The molecule has 0 saturated heterocycles. The van der Waals surface area contributed by atoms with Crippen LogP contribution in [0.25, 0.3) is 11.3 Å². The van der Waals surface area contributed by atoms with Crippen LogP contribution in [0, 0.1) is 0 Å². The predicted molar refractivity (Wildman–Crippen MR) is 131 cm³/mol. The molecule has 0 N–H and O–H groups in total. The maximum Gasteiger partial charge on any atom is 0.134 e. The summed E-state index contributed by atoms with van der Waals surface area (Å²) in [5, 5.41) is 0. The summed E-state index contributed by atoms with van der Waals surface area (Å²) in [4.78, 5) is 9.13. The van der Waals surface area contributed by atoms with Crippen molar-refractivity contribution in [1.82, 2.24) is 4.90 Å². The van der Waals surface area contributed by atoms with Crippen molar-refractivity contribution in [2.45, 2.75) is 19.5 Å². The van der Waals surface area contributed by atoms with E-state index in [4.69, 9.17) is 4.42 Å². The Morgan fingerprint density at radius 1 is 1.03 bits per heavy atom. The van der Waals surface area contributed by atoms with Crippen molar-refractivity contribution >= 4 is 19.8 Å². The highest BCUT2D eigenvalue weighted by atomic mass is 31.1. The zero-order valence-electron chi connectivity index (χ0n) is 17.8. The van der Waals surface area contributed by atoms with Crippen molar-refractivity contribution in [2.24, 2.45) is 4.99 Å². The molecule has 0 bridgehead atoms. The van der Waals surface area contributed by atoms with Gasteiger partial charge in [-0.1, -0.05) is 38.3 Å². The van der Waals surface area contributed by atoms with Crippen LogP contribution in [0.1, 0.15) is 29.9 Å². The lowest BCUT2D eigenvalue weighted by Crippen LogP contribution is -2.30. The Hall–Kier alpha value is -3.10. The fourth-order valence-corrected chi connectivity index (χ4v) is 4.87. The molecular weight excluding hydrogens is 401 g/mol. The Kier molecular flexibility index (Phi) is 5.48. The predicted octanol–water partition coefficient (Wildman–Crippen LogP) is 6.77. The summed E-state index contributed by atoms with van der Waals surface area (Å²) in [7, 11) is -0.102. The first-order valence-electron chi connectivity index (χ1n) is 10.6. The molecule has 31 heavy (non-hydrogen) atoms. The molecule has 156 valence electrons. The van der Waals surface area contributed by atoms with Crippen molar-refractivity contribution in [3.63, 3.8) is 0 Å². The van der Waals surface area contributed by atoms with Gasteiger partial charge < -0.3 is 14.2 Å². The minimum absolute atomic E-state index is 0.102. The number of nitrogens with zero attached hydrogens (tertiary/aromatic N) is 3. The third-order valence-corrected chi connectivity index (χ3v) is 7.03. The van der Waals surface area contributed by atoms with Crippen LogP contribution in [-0.2, 0) is 6.54 Å². The van der Waals surface area contributed by atoms with E-state index in [1.165, 1.54) is 11.3 Å². The Morgan fingerprint density at radius 2 is 1.84 bits per heavy atom. The van der Waals surface area contributed by atoms with E-state index in [0.717, 1.165) is 29.2 Å². The number of furan rings is 1. The van der Waals surface area contributed by atoms with Crippen LogP contribution >= 0.6 is 7.92 Å². The lowest BCUT2D eigenvalue weighted by Gasteiger charge is -2.33. The minimum Gasteiger partial charge on any atom is -0.459 e. The van der Waals surface area contributed by atoms with Crippen LogP contribution in [0.2, 0.25) is 0 Å². The molecule has 2 aliphatic heterocycles. The highest BCUT2D eigenvalue weighted by molar-refractivity contribution is 7.63. The molecule has 0 unspecified atom stereocenters. The van der Waals surface area contributed by atoms with Crippen LogP contribution in [0.5, 0.6) is 0 Å². The van der Waals surface area contributed by atoms with Crippen LogP contribution in [0.4, 0.5) is 5.69 Å². The highest BCUT2D eigenvalue weighted by Crippen LogP contribution is 2.37. The number of benzene rings is 2. The van der Waals surface area contributed by atoms with Gasteiger partial charge >= 0.3 is 0 Å². The van der Waals surface area contributed by atoms with Gasteiger partial charge in [0.2, 0.25) is 0 Å². The van der Waals surface area contributed by atoms with E-state index in [-0.39, 0.29) is 14.0 Å². The second-order valence-corrected chi connectivity index (χ2v) is 9.91. The van der Waals surface area contributed by atoms with Crippen LogP contribution < -0.4 is 4.90 Å². The van der Waals surface area contributed by atoms with Crippen LogP contribution in [0.3, 0.4) is 0 Å². The highest BCUT2D eigenvalue weighted by Gasteiger charge is 2.21. The molecule has 1 atom stereocenters. The van der Waals surface area contributed by atoms with Gasteiger partial charge in [0.1, 0.15) is 18.2 Å². The summed E-state index contributed by atoms with van der Waals surface area (Å²) >= 11 is 0. The largest absolute Gasteiger partial charge is 0.459 e. The second-order valence-electron chi connectivity index (χ2n) is 7.98. The van der Waals surface area contributed by atoms with Gasteiger partial charge in [0, 0.05) is 35.4 Å². The Morgan fingerprint density at radius 3 is 2.65 bits per heavy atom. The Balaban J connectivity index is 1.36. The van der Waals surface area contributed by atoms with Crippen molar-refractivity contribution in [3.05, 3.63) is 102 Å². The van der Waals surface area contributed by atoms with E-state index in [1.54, 1.807) is 0 Å². The van der Waals surface area contributed by atoms with Crippen molar-refractivity contribution in [1.29, 1.82) is 0 Å². The topological polar surface area (TPSA) is 32.0 Å². The molecule has 3 aromatic rings. The normalized spacial score (nSPS) is 16.6. The van der Waals surface area contributed by atoms with Gasteiger partial charge in [-0.25, -0.2) is 0 Å². The molecule has 1 aromatic heterocycles. The maximum atomic E-state index is 6.17. The van der Waals surface area contributed by atoms with E-state index in [9.17, 15) is 0 Å². The van der Waals surface area contributed by atoms with E-state index >= 15 is 0 Å². The summed E-state index contributed by atoms with van der Waals surface area (Å²) in [5.74, 6) is 6.36.